The van der Waals surface area contributed by atoms with Crippen molar-refractivity contribution in [3.8, 4) is 17.2 Å². The summed E-state index contributed by atoms with van der Waals surface area (Å²) in [5, 5.41) is 21.9. The maximum Gasteiger partial charge on any atom is 0.223 e. The second kappa shape index (κ2) is 5.18. The lowest BCUT2D eigenvalue weighted by molar-refractivity contribution is 0.199. The average Bonchev–Trinajstić information content (AvgIpc) is 2.98. The fourth-order valence-corrected chi connectivity index (χ4v) is 1.83. The minimum atomic E-state index is -0.534. The van der Waals surface area contributed by atoms with Gasteiger partial charge in [-0.1, -0.05) is 18.2 Å². The molecule has 100 valence electrons. The van der Waals surface area contributed by atoms with Crippen molar-refractivity contribution in [2.24, 2.45) is 0 Å². The molecule has 3 aromatic rings. The molecule has 0 fully saturated rings. The number of aliphatic hydroxyl groups excluding tert-OH is 1. The van der Waals surface area contributed by atoms with Crippen molar-refractivity contribution >= 4 is 0 Å². The predicted molar refractivity (Wildman–Crippen MR) is 73.0 cm³/mol. The molecule has 0 saturated carbocycles. The van der Waals surface area contributed by atoms with Gasteiger partial charge in [-0.3, -0.25) is 4.98 Å². The molecule has 0 aliphatic carbocycles. The Kier molecular flexibility index (Phi) is 3.22. The maximum absolute atomic E-state index is 9.60. The van der Waals surface area contributed by atoms with E-state index in [1.165, 1.54) is 4.80 Å². The van der Waals surface area contributed by atoms with Crippen molar-refractivity contribution in [3.63, 3.8) is 0 Å². The Morgan fingerprint density at radius 3 is 2.80 bits per heavy atom. The van der Waals surface area contributed by atoms with Crippen molar-refractivity contribution < 1.29 is 5.11 Å². The summed E-state index contributed by atoms with van der Waals surface area (Å²) >= 11 is 0. The molecule has 2 aromatic heterocycles. The SMILES string of the molecule is CC(O)c1cccc(-n2nnc(-c3ccccn3)n2)c1. The van der Waals surface area contributed by atoms with E-state index in [4.69, 9.17) is 0 Å². The van der Waals surface area contributed by atoms with Gasteiger partial charge in [-0.25, -0.2) is 0 Å². The Bertz CT molecular complexity index is 708. The summed E-state index contributed by atoms with van der Waals surface area (Å²) < 4.78 is 0. The molecule has 20 heavy (non-hydrogen) atoms. The zero-order valence-corrected chi connectivity index (χ0v) is 10.9. The Morgan fingerprint density at radius 1 is 1.15 bits per heavy atom. The molecule has 1 aromatic carbocycles. The normalized spacial score (nSPS) is 12.3. The molecular formula is C14H13N5O. The van der Waals surface area contributed by atoms with Gasteiger partial charge in [0.2, 0.25) is 5.82 Å². The first-order valence-corrected chi connectivity index (χ1v) is 6.24. The molecule has 6 heteroatoms. The number of nitrogens with zero attached hydrogens (tertiary/aromatic N) is 5. The van der Waals surface area contributed by atoms with Crippen LogP contribution in [0.3, 0.4) is 0 Å². The molecule has 0 radical (unpaired) electrons. The molecular weight excluding hydrogens is 254 g/mol. The summed E-state index contributed by atoms with van der Waals surface area (Å²) in [4.78, 5) is 5.61. The first kappa shape index (κ1) is 12.4. The minimum Gasteiger partial charge on any atom is -0.389 e. The molecule has 1 atom stereocenters. The van der Waals surface area contributed by atoms with Crippen LogP contribution in [-0.2, 0) is 0 Å². The molecule has 0 aliphatic rings. The molecule has 6 nitrogen and oxygen atoms in total. The largest absolute Gasteiger partial charge is 0.389 e. The van der Waals surface area contributed by atoms with E-state index in [1.807, 2.05) is 42.5 Å². The van der Waals surface area contributed by atoms with E-state index in [1.54, 1.807) is 13.1 Å². The standard InChI is InChI=1S/C14H13N5O/c1-10(20)11-5-4-6-12(9-11)19-17-14(16-18-19)13-7-2-3-8-15-13/h2-10,20H,1H3. The van der Waals surface area contributed by atoms with Crippen molar-refractivity contribution in [2.75, 3.05) is 0 Å². The predicted octanol–water partition coefficient (Wildman–Crippen LogP) is 1.78. The Morgan fingerprint density at radius 2 is 2.05 bits per heavy atom. The first-order chi connectivity index (χ1) is 9.74. The Labute approximate surface area is 115 Å². The lowest BCUT2D eigenvalue weighted by Crippen LogP contribution is -2.01. The van der Waals surface area contributed by atoms with Gasteiger partial charge >= 0.3 is 0 Å². The molecule has 2 heterocycles. The molecule has 0 bridgehead atoms. The minimum absolute atomic E-state index is 0.466. The highest BCUT2D eigenvalue weighted by molar-refractivity contribution is 5.47. The number of pyridine rings is 1. The highest BCUT2D eigenvalue weighted by Gasteiger charge is 2.09. The lowest BCUT2D eigenvalue weighted by Gasteiger charge is -2.05. The number of tetrazole rings is 1. The third-order valence-corrected chi connectivity index (χ3v) is 2.89. The third kappa shape index (κ3) is 2.41. The first-order valence-electron chi connectivity index (χ1n) is 6.24. The van der Waals surface area contributed by atoms with E-state index in [9.17, 15) is 5.11 Å². The molecule has 1 unspecified atom stereocenters. The van der Waals surface area contributed by atoms with Crippen LogP contribution in [0.25, 0.3) is 17.2 Å². The second-order valence-electron chi connectivity index (χ2n) is 4.39. The number of hydrogen-bond donors (Lipinski definition) is 1. The maximum atomic E-state index is 9.60. The van der Waals surface area contributed by atoms with Gasteiger partial charge in [0.05, 0.1) is 11.8 Å². The van der Waals surface area contributed by atoms with Gasteiger partial charge in [0, 0.05) is 6.20 Å². The molecule has 3 rings (SSSR count). The van der Waals surface area contributed by atoms with Crippen molar-refractivity contribution in [3.05, 3.63) is 54.2 Å². The fourth-order valence-electron chi connectivity index (χ4n) is 1.83. The zero-order valence-electron chi connectivity index (χ0n) is 10.9. The summed E-state index contributed by atoms with van der Waals surface area (Å²) in [5.74, 6) is 0.466. The molecule has 1 N–H and O–H groups in total. The number of aliphatic hydroxyl groups is 1. The topological polar surface area (TPSA) is 76.7 Å². The van der Waals surface area contributed by atoms with E-state index in [-0.39, 0.29) is 0 Å². The van der Waals surface area contributed by atoms with Crippen LogP contribution in [0.5, 0.6) is 0 Å². The average molecular weight is 267 g/mol. The van der Waals surface area contributed by atoms with Crippen molar-refractivity contribution in [1.29, 1.82) is 0 Å². The van der Waals surface area contributed by atoms with Crippen LogP contribution in [0.4, 0.5) is 0 Å². The summed E-state index contributed by atoms with van der Waals surface area (Å²) in [7, 11) is 0. The van der Waals surface area contributed by atoms with Crippen molar-refractivity contribution in [1.82, 2.24) is 25.2 Å². The van der Waals surface area contributed by atoms with Gasteiger partial charge in [-0.15, -0.1) is 15.0 Å². The van der Waals surface area contributed by atoms with E-state index < -0.39 is 6.10 Å². The summed E-state index contributed by atoms with van der Waals surface area (Å²) in [6, 6.07) is 12.9. The zero-order chi connectivity index (χ0) is 13.9. The quantitative estimate of drug-likeness (QED) is 0.782. The van der Waals surface area contributed by atoms with Crippen LogP contribution in [-0.4, -0.2) is 30.3 Å². The van der Waals surface area contributed by atoms with Gasteiger partial charge in [0.15, 0.2) is 0 Å². The smallest absolute Gasteiger partial charge is 0.223 e. The number of rotatable bonds is 3. The van der Waals surface area contributed by atoms with Crippen LogP contribution in [0.2, 0.25) is 0 Å². The van der Waals surface area contributed by atoms with E-state index in [0.717, 1.165) is 11.3 Å². The monoisotopic (exact) mass is 267 g/mol. The highest BCUT2D eigenvalue weighted by atomic mass is 16.3. The van der Waals surface area contributed by atoms with E-state index in [2.05, 4.69) is 20.4 Å². The highest BCUT2D eigenvalue weighted by Crippen LogP contribution is 2.16. The molecule has 0 saturated heterocycles. The summed E-state index contributed by atoms with van der Waals surface area (Å²) in [6.45, 7) is 1.72. The lowest BCUT2D eigenvalue weighted by atomic mass is 10.1. The molecule has 0 amide bonds. The van der Waals surface area contributed by atoms with Gasteiger partial charge in [-0.2, -0.15) is 0 Å². The molecule has 0 spiro atoms. The summed E-state index contributed by atoms with van der Waals surface area (Å²) in [6.07, 6.45) is 1.15. The fraction of sp³-hybridized carbons (Fsp3) is 0.143. The number of benzene rings is 1. The van der Waals surface area contributed by atoms with Crippen LogP contribution >= 0.6 is 0 Å². The van der Waals surface area contributed by atoms with E-state index >= 15 is 0 Å². The van der Waals surface area contributed by atoms with Gasteiger partial charge < -0.3 is 5.11 Å². The van der Waals surface area contributed by atoms with Gasteiger partial charge in [-0.05, 0) is 42.0 Å². The van der Waals surface area contributed by atoms with Gasteiger partial charge in [0.1, 0.15) is 5.69 Å². The molecule has 0 aliphatic heterocycles. The van der Waals surface area contributed by atoms with Gasteiger partial charge in [0.25, 0.3) is 0 Å². The van der Waals surface area contributed by atoms with Crippen LogP contribution in [0, 0.1) is 0 Å². The van der Waals surface area contributed by atoms with Crippen LogP contribution in [0.15, 0.2) is 48.7 Å². The van der Waals surface area contributed by atoms with E-state index in [0.29, 0.717) is 11.5 Å². The van der Waals surface area contributed by atoms with Crippen LogP contribution in [0.1, 0.15) is 18.6 Å². The summed E-state index contributed by atoms with van der Waals surface area (Å²) in [5.41, 5.74) is 2.22. The Hall–Kier alpha value is -2.60. The second-order valence-corrected chi connectivity index (χ2v) is 4.39. The Balaban J connectivity index is 1.96. The number of hydrogen-bond acceptors (Lipinski definition) is 5. The number of aromatic nitrogens is 5. The third-order valence-electron chi connectivity index (χ3n) is 2.89. The van der Waals surface area contributed by atoms with Crippen LogP contribution < -0.4 is 0 Å². The van der Waals surface area contributed by atoms with Crippen molar-refractivity contribution in [2.45, 2.75) is 13.0 Å².